The van der Waals surface area contributed by atoms with Gasteiger partial charge in [-0.05, 0) is 54.4 Å². The summed E-state index contributed by atoms with van der Waals surface area (Å²) in [4.78, 5) is 0. The topological polar surface area (TPSA) is 0 Å². The Morgan fingerprint density at radius 1 is 1.12 bits per heavy atom. The summed E-state index contributed by atoms with van der Waals surface area (Å²) < 4.78 is 0. The van der Waals surface area contributed by atoms with Gasteiger partial charge in [-0.15, -0.1) is 0 Å². The lowest BCUT2D eigenvalue weighted by Gasteiger charge is -2.31. The molecule has 1 radical (unpaired) electrons. The second-order valence-corrected chi connectivity index (χ2v) is 5.73. The van der Waals surface area contributed by atoms with Crippen molar-refractivity contribution in [3.8, 4) is 0 Å². The Kier molecular flexibility index (Phi) is 3.24. The number of hydrogen-bond acceptors (Lipinski definition) is 0. The standard InChI is InChI=1S/C17H21/c1-13-9-14(2)11-15(10-13)12-16-7-5-6-8-17(16,3)4/h5-8,10-11,16H,12H2,1-4H3. The summed E-state index contributed by atoms with van der Waals surface area (Å²) in [5.74, 6) is 0.591. The lowest BCUT2D eigenvalue weighted by atomic mass is 9.73. The number of benzene rings is 1. The third-order valence-corrected chi connectivity index (χ3v) is 3.59. The first-order chi connectivity index (χ1) is 7.97. The molecule has 1 aliphatic rings. The highest BCUT2D eigenvalue weighted by atomic mass is 14.3. The Morgan fingerprint density at radius 2 is 1.76 bits per heavy atom. The van der Waals surface area contributed by atoms with Crippen molar-refractivity contribution >= 4 is 0 Å². The van der Waals surface area contributed by atoms with Crippen LogP contribution in [0, 0.1) is 31.2 Å². The zero-order valence-corrected chi connectivity index (χ0v) is 11.2. The maximum absolute atomic E-state index is 3.34. The summed E-state index contributed by atoms with van der Waals surface area (Å²) in [5, 5.41) is 0. The van der Waals surface area contributed by atoms with Crippen molar-refractivity contribution in [2.24, 2.45) is 11.3 Å². The van der Waals surface area contributed by atoms with Crippen molar-refractivity contribution < 1.29 is 0 Å². The van der Waals surface area contributed by atoms with Crippen LogP contribution in [0.4, 0.5) is 0 Å². The maximum Gasteiger partial charge on any atom is -0.0104 e. The predicted molar refractivity (Wildman–Crippen MR) is 74.0 cm³/mol. The fraction of sp³-hybridized carbons (Fsp3) is 0.412. The minimum Gasteiger partial charge on any atom is -0.0803 e. The first-order valence-corrected chi connectivity index (χ1v) is 6.33. The van der Waals surface area contributed by atoms with Crippen molar-refractivity contribution in [2.75, 3.05) is 0 Å². The molecular formula is C17H21. The van der Waals surface area contributed by atoms with Gasteiger partial charge in [-0.25, -0.2) is 0 Å². The molecule has 1 aromatic carbocycles. The normalized spacial score (nSPS) is 21.8. The van der Waals surface area contributed by atoms with E-state index in [1.807, 2.05) is 0 Å². The molecule has 0 nitrogen and oxygen atoms in total. The van der Waals surface area contributed by atoms with Crippen LogP contribution in [0.25, 0.3) is 0 Å². The highest BCUT2D eigenvalue weighted by Crippen LogP contribution is 2.35. The summed E-state index contributed by atoms with van der Waals surface area (Å²) in [6, 6.07) is 7.85. The third kappa shape index (κ3) is 2.88. The van der Waals surface area contributed by atoms with E-state index in [1.54, 1.807) is 0 Å². The maximum atomic E-state index is 3.34. The Morgan fingerprint density at radius 3 is 2.35 bits per heavy atom. The average molecular weight is 225 g/mol. The summed E-state index contributed by atoms with van der Waals surface area (Å²) in [6.07, 6.45) is 10.1. The lowest BCUT2D eigenvalue weighted by molar-refractivity contribution is 0.337. The first-order valence-electron chi connectivity index (χ1n) is 6.33. The van der Waals surface area contributed by atoms with Crippen molar-refractivity contribution in [1.82, 2.24) is 0 Å². The van der Waals surface area contributed by atoms with Crippen LogP contribution in [-0.2, 0) is 6.42 Å². The Hall–Kier alpha value is -1.30. The molecule has 0 heteroatoms. The summed E-state index contributed by atoms with van der Waals surface area (Å²) in [5.41, 5.74) is 4.17. The first kappa shape index (κ1) is 12.2. The molecule has 1 aromatic rings. The second kappa shape index (κ2) is 4.52. The number of rotatable bonds is 2. The van der Waals surface area contributed by atoms with Crippen LogP contribution in [-0.4, -0.2) is 0 Å². The van der Waals surface area contributed by atoms with Gasteiger partial charge in [0.05, 0.1) is 0 Å². The number of allylic oxidation sites excluding steroid dienone is 4. The van der Waals surface area contributed by atoms with E-state index >= 15 is 0 Å². The van der Waals surface area contributed by atoms with Gasteiger partial charge in [-0.1, -0.05) is 50.3 Å². The Balaban J connectivity index is 2.21. The Labute approximate surface area is 105 Å². The molecule has 0 bridgehead atoms. The monoisotopic (exact) mass is 225 g/mol. The molecule has 2 rings (SSSR count). The van der Waals surface area contributed by atoms with Gasteiger partial charge < -0.3 is 0 Å². The highest BCUT2D eigenvalue weighted by molar-refractivity contribution is 5.29. The van der Waals surface area contributed by atoms with E-state index in [0.29, 0.717) is 5.92 Å². The molecule has 1 aliphatic carbocycles. The van der Waals surface area contributed by atoms with Crippen LogP contribution in [0.1, 0.15) is 30.5 Å². The average Bonchev–Trinajstić information content (AvgIpc) is 2.19. The fourth-order valence-electron chi connectivity index (χ4n) is 2.56. The fourth-order valence-corrected chi connectivity index (χ4v) is 2.56. The molecule has 17 heavy (non-hydrogen) atoms. The van der Waals surface area contributed by atoms with Crippen LogP contribution >= 0.6 is 0 Å². The molecule has 0 heterocycles. The molecule has 89 valence electrons. The molecule has 0 amide bonds. The van der Waals surface area contributed by atoms with Crippen LogP contribution < -0.4 is 0 Å². The van der Waals surface area contributed by atoms with E-state index in [0.717, 1.165) is 6.42 Å². The van der Waals surface area contributed by atoms with Gasteiger partial charge in [0, 0.05) is 0 Å². The largest absolute Gasteiger partial charge is 0.0803 e. The van der Waals surface area contributed by atoms with Crippen LogP contribution in [0.5, 0.6) is 0 Å². The quantitative estimate of drug-likeness (QED) is 0.699. The van der Waals surface area contributed by atoms with E-state index in [-0.39, 0.29) is 5.41 Å². The predicted octanol–water partition coefficient (Wildman–Crippen LogP) is 4.41. The van der Waals surface area contributed by atoms with E-state index in [2.05, 4.69) is 70.2 Å². The highest BCUT2D eigenvalue weighted by Gasteiger charge is 2.26. The lowest BCUT2D eigenvalue weighted by Crippen LogP contribution is -2.23. The molecule has 1 unspecified atom stereocenters. The SMILES string of the molecule is Cc1[c]c(C)cc(CC2C=CC=CC2(C)C)c1. The molecule has 0 saturated carbocycles. The minimum absolute atomic E-state index is 0.260. The van der Waals surface area contributed by atoms with Gasteiger partial charge in [0.2, 0.25) is 0 Å². The van der Waals surface area contributed by atoms with Crippen molar-refractivity contribution in [3.63, 3.8) is 0 Å². The smallest absolute Gasteiger partial charge is 0.0104 e. The van der Waals surface area contributed by atoms with Crippen molar-refractivity contribution in [2.45, 2.75) is 34.1 Å². The van der Waals surface area contributed by atoms with Gasteiger partial charge in [-0.2, -0.15) is 0 Å². The van der Waals surface area contributed by atoms with Gasteiger partial charge in [0.15, 0.2) is 0 Å². The molecule has 0 spiro atoms. The van der Waals surface area contributed by atoms with Gasteiger partial charge in [0.1, 0.15) is 0 Å². The summed E-state index contributed by atoms with van der Waals surface area (Å²) in [6.45, 7) is 8.87. The van der Waals surface area contributed by atoms with Crippen LogP contribution in [0.2, 0.25) is 0 Å². The van der Waals surface area contributed by atoms with E-state index in [4.69, 9.17) is 0 Å². The molecule has 0 saturated heterocycles. The zero-order valence-electron chi connectivity index (χ0n) is 11.2. The molecule has 0 aliphatic heterocycles. The zero-order chi connectivity index (χ0) is 12.5. The van der Waals surface area contributed by atoms with Crippen LogP contribution in [0.15, 0.2) is 36.4 Å². The van der Waals surface area contributed by atoms with E-state index < -0.39 is 0 Å². The van der Waals surface area contributed by atoms with Gasteiger partial charge >= 0.3 is 0 Å². The second-order valence-electron chi connectivity index (χ2n) is 5.73. The molecule has 1 atom stereocenters. The molecule has 0 fully saturated rings. The summed E-state index contributed by atoms with van der Waals surface area (Å²) in [7, 11) is 0. The van der Waals surface area contributed by atoms with Gasteiger partial charge in [-0.3, -0.25) is 0 Å². The number of aryl methyl sites for hydroxylation is 2. The van der Waals surface area contributed by atoms with Crippen LogP contribution in [0.3, 0.4) is 0 Å². The van der Waals surface area contributed by atoms with E-state index in [9.17, 15) is 0 Å². The molecular weight excluding hydrogens is 204 g/mol. The molecule has 0 N–H and O–H groups in total. The Bertz CT molecular complexity index is 441. The van der Waals surface area contributed by atoms with Crippen molar-refractivity contribution in [3.05, 3.63) is 59.2 Å². The van der Waals surface area contributed by atoms with Crippen molar-refractivity contribution in [1.29, 1.82) is 0 Å². The van der Waals surface area contributed by atoms with E-state index in [1.165, 1.54) is 16.7 Å². The third-order valence-electron chi connectivity index (χ3n) is 3.59. The molecule has 0 aromatic heterocycles. The summed E-state index contributed by atoms with van der Waals surface area (Å²) >= 11 is 0. The minimum atomic E-state index is 0.260. The van der Waals surface area contributed by atoms with Gasteiger partial charge in [0.25, 0.3) is 0 Å². The number of hydrogen-bond donors (Lipinski definition) is 0.